The molecule has 0 radical (unpaired) electrons. The summed E-state index contributed by atoms with van der Waals surface area (Å²) in [5.74, 6) is 0.105. The Morgan fingerprint density at radius 1 is 1.57 bits per heavy atom. The molecule has 0 aliphatic rings. The third-order valence-electron chi connectivity index (χ3n) is 1.96. The molecule has 0 spiro atoms. The van der Waals surface area contributed by atoms with Crippen LogP contribution >= 0.6 is 0 Å². The fraction of sp³-hybridized carbons (Fsp3) is 0.545. The second-order valence-corrected chi connectivity index (χ2v) is 3.61. The molecule has 1 aromatic rings. The lowest BCUT2D eigenvalue weighted by Gasteiger charge is -2.07. The van der Waals surface area contributed by atoms with Crippen molar-refractivity contribution in [2.24, 2.45) is 0 Å². The highest BCUT2D eigenvalue weighted by Gasteiger charge is 2.01. The molecule has 0 atom stereocenters. The minimum absolute atomic E-state index is 0.105. The number of carbonyl (C=O) groups excluding carboxylic acids is 1. The predicted molar refractivity (Wildman–Crippen MR) is 55.5 cm³/mol. The van der Waals surface area contributed by atoms with Crippen molar-refractivity contribution in [3.63, 3.8) is 0 Å². The Hall–Kier alpha value is -1.09. The summed E-state index contributed by atoms with van der Waals surface area (Å²) in [5.41, 5.74) is 0.759. The predicted octanol–water partition coefficient (Wildman–Crippen LogP) is 2.12. The van der Waals surface area contributed by atoms with Gasteiger partial charge in [0.05, 0.1) is 12.7 Å². The fourth-order valence-corrected chi connectivity index (χ4v) is 1.18. The van der Waals surface area contributed by atoms with Crippen molar-refractivity contribution in [1.82, 2.24) is 4.57 Å². The monoisotopic (exact) mass is 195 g/mol. The molecule has 3 heteroatoms. The highest BCUT2D eigenvalue weighted by molar-refractivity contribution is 5.93. The van der Waals surface area contributed by atoms with E-state index in [4.69, 9.17) is 4.74 Å². The van der Waals surface area contributed by atoms with Gasteiger partial charge in [-0.05, 0) is 26.8 Å². The molecule has 0 saturated carbocycles. The van der Waals surface area contributed by atoms with E-state index in [1.807, 2.05) is 36.9 Å². The number of carbonyl (C=O) groups is 1. The summed E-state index contributed by atoms with van der Waals surface area (Å²) in [7, 11) is 0. The van der Waals surface area contributed by atoms with Gasteiger partial charge in [-0.25, -0.2) is 0 Å². The fourth-order valence-electron chi connectivity index (χ4n) is 1.18. The molecule has 0 unspecified atom stereocenters. The maximum atomic E-state index is 11.0. The SMILES string of the molecule is CC(=O)c1ccn(CCOC(C)C)c1. The van der Waals surface area contributed by atoms with Crippen LogP contribution in [0.4, 0.5) is 0 Å². The maximum absolute atomic E-state index is 11.0. The molecule has 0 aliphatic heterocycles. The number of aromatic nitrogens is 1. The van der Waals surface area contributed by atoms with Gasteiger partial charge in [0.25, 0.3) is 0 Å². The quantitative estimate of drug-likeness (QED) is 0.674. The minimum atomic E-state index is 0.105. The van der Waals surface area contributed by atoms with Crippen LogP contribution in [0.15, 0.2) is 18.5 Å². The molecule has 0 N–H and O–H groups in total. The zero-order valence-electron chi connectivity index (χ0n) is 8.99. The van der Waals surface area contributed by atoms with E-state index in [0.717, 1.165) is 12.1 Å². The molecular formula is C11H17NO2. The van der Waals surface area contributed by atoms with Crippen LogP contribution in [0.25, 0.3) is 0 Å². The highest BCUT2D eigenvalue weighted by atomic mass is 16.5. The molecule has 0 saturated heterocycles. The average molecular weight is 195 g/mol. The molecule has 1 heterocycles. The molecule has 0 bridgehead atoms. The van der Waals surface area contributed by atoms with Gasteiger partial charge in [0.15, 0.2) is 5.78 Å². The van der Waals surface area contributed by atoms with Crippen molar-refractivity contribution in [2.45, 2.75) is 33.4 Å². The molecular weight excluding hydrogens is 178 g/mol. The lowest BCUT2D eigenvalue weighted by Crippen LogP contribution is -2.09. The van der Waals surface area contributed by atoms with Crippen LogP contribution in [-0.2, 0) is 11.3 Å². The van der Waals surface area contributed by atoms with Crippen molar-refractivity contribution in [2.75, 3.05) is 6.61 Å². The van der Waals surface area contributed by atoms with E-state index in [-0.39, 0.29) is 11.9 Å². The van der Waals surface area contributed by atoms with E-state index in [9.17, 15) is 4.79 Å². The van der Waals surface area contributed by atoms with Gasteiger partial charge in [-0.1, -0.05) is 0 Å². The lowest BCUT2D eigenvalue weighted by atomic mass is 10.2. The first-order chi connectivity index (χ1) is 6.59. The van der Waals surface area contributed by atoms with Gasteiger partial charge >= 0.3 is 0 Å². The Labute approximate surface area is 84.7 Å². The molecule has 1 rings (SSSR count). The number of ketones is 1. The molecule has 0 fully saturated rings. The number of nitrogens with zero attached hydrogens (tertiary/aromatic N) is 1. The van der Waals surface area contributed by atoms with E-state index in [0.29, 0.717) is 6.61 Å². The molecule has 0 aromatic carbocycles. The van der Waals surface area contributed by atoms with Crippen molar-refractivity contribution < 1.29 is 9.53 Å². The molecule has 14 heavy (non-hydrogen) atoms. The van der Waals surface area contributed by atoms with E-state index in [1.54, 1.807) is 6.92 Å². The van der Waals surface area contributed by atoms with Crippen LogP contribution in [0.1, 0.15) is 31.1 Å². The maximum Gasteiger partial charge on any atom is 0.161 e. The van der Waals surface area contributed by atoms with Gasteiger partial charge in [0.2, 0.25) is 0 Å². The van der Waals surface area contributed by atoms with Crippen LogP contribution in [-0.4, -0.2) is 23.1 Å². The Morgan fingerprint density at radius 3 is 2.79 bits per heavy atom. The second kappa shape index (κ2) is 4.96. The van der Waals surface area contributed by atoms with Crippen molar-refractivity contribution >= 4 is 5.78 Å². The largest absolute Gasteiger partial charge is 0.377 e. The Kier molecular flexibility index (Phi) is 3.89. The first kappa shape index (κ1) is 11.0. The third-order valence-corrected chi connectivity index (χ3v) is 1.96. The molecule has 0 aliphatic carbocycles. The number of rotatable bonds is 5. The van der Waals surface area contributed by atoms with E-state index in [1.165, 1.54) is 0 Å². The summed E-state index contributed by atoms with van der Waals surface area (Å²) in [6.07, 6.45) is 4.02. The highest BCUT2D eigenvalue weighted by Crippen LogP contribution is 2.02. The normalized spacial score (nSPS) is 10.9. The smallest absolute Gasteiger partial charge is 0.161 e. The van der Waals surface area contributed by atoms with E-state index < -0.39 is 0 Å². The zero-order chi connectivity index (χ0) is 10.6. The van der Waals surface area contributed by atoms with Crippen LogP contribution in [0, 0.1) is 0 Å². The van der Waals surface area contributed by atoms with E-state index in [2.05, 4.69) is 0 Å². The zero-order valence-corrected chi connectivity index (χ0v) is 8.99. The minimum Gasteiger partial charge on any atom is -0.377 e. The van der Waals surface area contributed by atoms with Gasteiger partial charge in [-0.2, -0.15) is 0 Å². The molecule has 78 valence electrons. The lowest BCUT2D eigenvalue weighted by molar-refractivity contribution is 0.0727. The Morgan fingerprint density at radius 2 is 2.29 bits per heavy atom. The molecule has 1 aromatic heterocycles. The topological polar surface area (TPSA) is 31.2 Å². The molecule has 0 amide bonds. The number of Topliss-reactive ketones (excluding diaryl/α,β-unsaturated/α-hetero) is 1. The first-order valence-electron chi connectivity index (χ1n) is 4.88. The standard InChI is InChI=1S/C11H17NO2/c1-9(2)14-7-6-12-5-4-11(8-12)10(3)13/h4-5,8-9H,6-7H2,1-3H3. The van der Waals surface area contributed by atoms with Gasteiger partial charge in [-0.3, -0.25) is 4.79 Å². The first-order valence-corrected chi connectivity index (χ1v) is 4.88. The van der Waals surface area contributed by atoms with Gasteiger partial charge in [0, 0.05) is 24.5 Å². The van der Waals surface area contributed by atoms with Crippen LogP contribution in [0.3, 0.4) is 0 Å². The summed E-state index contributed by atoms with van der Waals surface area (Å²) in [6.45, 7) is 7.08. The van der Waals surface area contributed by atoms with Crippen molar-refractivity contribution in [3.05, 3.63) is 24.0 Å². The number of hydrogen-bond donors (Lipinski definition) is 0. The van der Waals surface area contributed by atoms with Crippen molar-refractivity contribution in [1.29, 1.82) is 0 Å². The summed E-state index contributed by atoms with van der Waals surface area (Å²) in [5, 5.41) is 0. The van der Waals surface area contributed by atoms with Gasteiger partial charge in [0.1, 0.15) is 0 Å². The Balaban J connectivity index is 2.40. The Bertz CT molecular complexity index is 302. The van der Waals surface area contributed by atoms with Crippen LogP contribution < -0.4 is 0 Å². The van der Waals surface area contributed by atoms with Crippen LogP contribution in [0.5, 0.6) is 0 Å². The number of ether oxygens (including phenoxy) is 1. The van der Waals surface area contributed by atoms with E-state index >= 15 is 0 Å². The third kappa shape index (κ3) is 3.34. The summed E-state index contributed by atoms with van der Waals surface area (Å²) in [4.78, 5) is 11.0. The number of hydrogen-bond acceptors (Lipinski definition) is 2. The van der Waals surface area contributed by atoms with Gasteiger partial charge < -0.3 is 9.30 Å². The summed E-state index contributed by atoms with van der Waals surface area (Å²) >= 11 is 0. The summed E-state index contributed by atoms with van der Waals surface area (Å²) < 4.78 is 7.38. The molecule has 3 nitrogen and oxygen atoms in total. The van der Waals surface area contributed by atoms with Crippen LogP contribution in [0.2, 0.25) is 0 Å². The van der Waals surface area contributed by atoms with Crippen molar-refractivity contribution in [3.8, 4) is 0 Å². The second-order valence-electron chi connectivity index (χ2n) is 3.61. The summed E-state index contributed by atoms with van der Waals surface area (Å²) in [6, 6.07) is 1.83. The average Bonchev–Trinajstić information content (AvgIpc) is 2.52. The van der Waals surface area contributed by atoms with Gasteiger partial charge in [-0.15, -0.1) is 0 Å².